The van der Waals surface area contributed by atoms with Gasteiger partial charge >= 0.3 is 0 Å². The zero-order chi connectivity index (χ0) is 26.0. The molecule has 1 aliphatic rings. The molecule has 11 heteroatoms. The van der Waals surface area contributed by atoms with Gasteiger partial charge in [-0.15, -0.1) is 20.4 Å². The van der Waals surface area contributed by atoms with E-state index in [1.807, 2.05) is 48.2 Å². The molecule has 3 aromatic rings. The number of hydrogen-bond donors (Lipinski definition) is 0. The van der Waals surface area contributed by atoms with Crippen molar-refractivity contribution in [1.82, 2.24) is 20.4 Å². The van der Waals surface area contributed by atoms with Crippen LogP contribution >= 0.6 is 34.4 Å². The lowest BCUT2D eigenvalue weighted by Crippen LogP contribution is -2.27. The zero-order valence-corrected chi connectivity index (χ0v) is 23.4. The number of aryl methyl sites for hydroxylation is 2. The highest BCUT2D eigenvalue weighted by molar-refractivity contribution is 7.99. The Morgan fingerprint density at radius 2 is 1.43 bits per heavy atom. The van der Waals surface area contributed by atoms with Crippen LogP contribution in [0.1, 0.15) is 34.8 Å². The van der Waals surface area contributed by atoms with Crippen LogP contribution in [-0.4, -0.2) is 57.8 Å². The van der Waals surface area contributed by atoms with Crippen molar-refractivity contribution in [2.75, 3.05) is 35.4 Å². The molecule has 0 radical (unpaired) electrons. The molecule has 2 aromatic heterocycles. The first-order chi connectivity index (χ1) is 18.0. The molecule has 0 aliphatic heterocycles. The number of carbonyl (C=O) groups is 2. The van der Waals surface area contributed by atoms with Crippen LogP contribution in [0.25, 0.3) is 0 Å². The van der Waals surface area contributed by atoms with Crippen LogP contribution in [0, 0.1) is 0 Å². The molecule has 2 amide bonds. The average molecular weight is 555 g/mol. The molecule has 0 spiro atoms. The van der Waals surface area contributed by atoms with Crippen molar-refractivity contribution in [2.45, 2.75) is 38.5 Å². The summed E-state index contributed by atoms with van der Waals surface area (Å²) in [4.78, 5) is 28.3. The molecule has 194 valence electrons. The summed E-state index contributed by atoms with van der Waals surface area (Å²) in [5.74, 6) is 1.84. The number of benzene rings is 1. The van der Waals surface area contributed by atoms with E-state index in [1.165, 1.54) is 22.7 Å². The van der Waals surface area contributed by atoms with Gasteiger partial charge in [0, 0.05) is 26.9 Å². The first kappa shape index (κ1) is 27.2. The van der Waals surface area contributed by atoms with E-state index in [0.717, 1.165) is 58.3 Å². The Balaban J connectivity index is 1.16. The molecule has 0 atom stereocenters. The van der Waals surface area contributed by atoms with Crippen molar-refractivity contribution < 1.29 is 9.59 Å². The third-order valence-electron chi connectivity index (χ3n) is 5.78. The van der Waals surface area contributed by atoms with Gasteiger partial charge < -0.3 is 0 Å². The van der Waals surface area contributed by atoms with E-state index in [9.17, 15) is 9.59 Å². The van der Waals surface area contributed by atoms with Gasteiger partial charge in [-0.2, -0.15) is 11.8 Å². The van der Waals surface area contributed by atoms with Crippen molar-refractivity contribution >= 4 is 56.5 Å². The van der Waals surface area contributed by atoms with Gasteiger partial charge in [0.05, 0.1) is 12.8 Å². The lowest BCUT2D eigenvalue weighted by Gasteiger charge is -2.14. The topological polar surface area (TPSA) is 92.2 Å². The van der Waals surface area contributed by atoms with Crippen LogP contribution in [-0.2, 0) is 28.9 Å². The van der Waals surface area contributed by atoms with Gasteiger partial charge in [-0.05, 0) is 35.5 Å². The van der Waals surface area contributed by atoms with E-state index in [1.54, 1.807) is 23.9 Å². The van der Waals surface area contributed by atoms with E-state index < -0.39 is 0 Å². The molecule has 2 heterocycles. The lowest BCUT2D eigenvalue weighted by molar-refractivity contribution is -0.118. The molecular weight excluding hydrogens is 525 g/mol. The van der Waals surface area contributed by atoms with Gasteiger partial charge in [0.1, 0.15) is 10.0 Å². The maximum absolute atomic E-state index is 12.6. The SMILES string of the molecule is CN(C(=O)CC1=CCCC=C1)c1nnc(CCSCCc2nnc(N(C)C(=O)Cc3ccccc3)s2)s1. The fourth-order valence-electron chi connectivity index (χ4n) is 3.58. The van der Waals surface area contributed by atoms with Crippen LogP contribution < -0.4 is 9.80 Å². The number of allylic oxidation sites excluding steroid dienone is 3. The molecular formula is C26H30N6O2S3. The van der Waals surface area contributed by atoms with Gasteiger partial charge in [-0.3, -0.25) is 19.4 Å². The first-order valence-electron chi connectivity index (χ1n) is 12.1. The Morgan fingerprint density at radius 1 is 0.838 bits per heavy atom. The summed E-state index contributed by atoms with van der Waals surface area (Å²) in [6, 6.07) is 9.70. The standard InChI is InChI=1S/C26H30N6O2S3/c1-31(23(33)17-19-9-5-3-6-10-19)25-29-27-21(36-25)13-15-35-16-14-22-28-30-26(37-22)32(2)24(34)18-20-11-7-4-8-12-20/h3,5-7,9-12H,4,8,13-18H2,1-2H3. The third-order valence-corrected chi connectivity index (χ3v) is 8.88. The predicted octanol–water partition coefficient (Wildman–Crippen LogP) is 4.74. The number of thioether (sulfide) groups is 1. The molecule has 1 aliphatic carbocycles. The maximum Gasteiger partial charge on any atom is 0.232 e. The first-order valence-corrected chi connectivity index (χ1v) is 14.9. The van der Waals surface area contributed by atoms with Crippen molar-refractivity contribution in [3.05, 3.63) is 69.7 Å². The second-order valence-corrected chi connectivity index (χ2v) is 11.9. The van der Waals surface area contributed by atoms with Crippen molar-refractivity contribution in [3.63, 3.8) is 0 Å². The minimum Gasteiger partial charge on any atom is -0.290 e. The van der Waals surface area contributed by atoms with Crippen molar-refractivity contribution in [3.8, 4) is 0 Å². The Morgan fingerprint density at radius 3 is 2.00 bits per heavy atom. The van der Waals surface area contributed by atoms with E-state index in [0.29, 0.717) is 23.1 Å². The molecule has 8 nitrogen and oxygen atoms in total. The van der Waals surface area contributed by atoms with Crippen LogP contribution in [0.3, 0.4) is 0 Å². The van der Waals surface area contributed by atoms with Crippen molar-refractivity contribution in [1.29, 1.82) is 0 Å². The Labute approximate surface area is 229 Å². The predicted molar refractivity (Wildman–Crippen MR) is 153 cm³/mol. The second-order valence-electron chi connectivity index (χ2n) is 8.57. The number of likely N-dealkylation sites (N-methyl/N-ethyl adjacent to an activating group) is 1. The maximum atomic E-state index is 12.6. The highest BCUT2D eigenvalue weighted by atomic mass is 32.2. The molecule has 4 rings (SSSR count). The quantitative estimate of drug-likeness (QED) is 0.299. The summed E-state index contributed by atoms with van der Waals surface area (Å²) < 4.78 is 0. The smallest absolute Gasteiger partial charge is 0.232 e. The van der Waals surface area contributed by atoms with Crippen LogP contribution in [0.5, 0.6) is 0 Å². The fourth-order valence-corrected chi connectivity index (χ4v) is 6.35. The number of anilines is 2. The summed E-state index contributed by atoms with van der Waals surface area (Å²) in [6.07, 6.45) is 10.6. The number of nitrogens with zero attached hydrogens (tertiary/aromatic N) is 6. The van der Waals surface area contributed by atoms with Crippen LogP contribution in [0.2, 0.25) is 0 Å². The lowest BCUT2D eigenvalue weighted by atomic mass is 10.0. The molecule has 0 fully saturated rings. The van der Waals surface area contributed by atoms with E-state index in [-0.39, 0.29) is 11.8 Å². The molecule has 1 aromatic carbocycles. The number of hydrogen-bond acceptors (Lipinski definition) is 9. The van der Waals surface area contributed by atoms with Gasteiger partial charge in [-0.25, -0.2) is 0 Å². The van der Waals surface area contributed by atoms with Crippen LogP contribution in [0.4, 0.5) is 10.3 Å². The van der Waals surface area contributed by atoms with Gasteiger partial charge in [0.15, 0.2) is 0 Å². The number of aromatic nitrogens is 4. The Bertz CT molecular complexity index is 1250. The highest BCUT2D eigenvalue weighted by Gasteiger charge is 2.18. The molecule has 0 bridgehead atoms. The summed E-state index contributed by atoms with van der Waals surface area (Å²) in [5.41, 5.74) is 2.05. The summed E-state index contributed by atoms with van der Waals surface area (Å²) in [6.45, 7) is 0. The Hall–Kier alpha value is -2.89. The van der Waals surface area contributed by atoms with E-state index >= 15 is 0 Å². The van der Waals surface area contributed by atoms with Gasteiger partial charge in [0.25, 0.3) is 0 Å². The minimum atomic E-state index is -0.00467. The number of rotatable bonds is 12. The molecule has 0 unspecified atom stereocenters. The number of amides is 2. The summed E-state index contributed by atoms with van der Waals surface area (Å²) in [5, 5.41) is 20.0. The minimum absolute atomic E-state index is 0.00467. The normalized spacial score (nSPS) is 12.9. The largest absolute Gasteiger partial charge is 0.290 e. The van der Waals surface area contributed by atoms with E-state index in [2.05, 4.69) is 32.5 Å². The number of carbonyl (C=O) groups excluding carboxylic acids is 2. The average Bonchev–Trinajstić information content (AvgIpc) is 3.59. The molecule has 0 N–H and O–H groups in total. The van der Waals surface area contributed by atoms with Crippen molar-refractivity contribution in [2.24, 2.45) is 0 Å². The van der Waals surface area contributed by atoms with Gasteiger partial charge in [0.2, 0.25) is 22.1 Å². The highest BCUT2D eigenvalue weighted by Crippen LogP contribution is 2.24. The van der Waals surface area contributed by atoms with Crippen LogP contribution in [0.15, 0.2) is 54.1 Å². The molecule has 0 saturated carbocycles. The second kappa shape index (κ2) is 13.6. The molecule has 0 saturated heterocycles. The monoisotopic (exact) mass is 554 g/mol. The van der Waals surface area contributed by atoms with E-state index in [4.69, 9.17) is 0 Å². The van der Waals surface area contributed by atoms with Gasteiger partial charge in [-0.1, -0.05) is 71.2 Å². The molecule has 37 heavy (non-hydrogen) atoms. The zero-order valence-electron chi connectivity index (χ0n) is 21.0. The summed E-state index contributed by atoms with van der Waals surface area (Å²) >= 11 is 4.75. The third kappa shape index (κ3) is 8.05. The fraction of sp³-hybridized carbons (Fsp3) is 0.385. The summed E-state index contributed by atoms with van der Waals surface area (Å²) in [7, 11) is 3.51. The Kier molecular flexibility index (Phi) is 9.98.